The van der Waals surface area contributed by atoms with E-state index < -0.39 is 0 Å². The molecule has 1 atom stereocenters. The predicted octanol–water partition coefficient (Wildman–Crippen LogP) is 2.04. The summed E-state index contributed by atoms with van der Waals surface area (Å²) in [7, 11) is 1.41. The van der Waals surface area contributed by atoms with Gasteiger partial charge in [-0.15, -0.1) is 0 Å². The van der Waals surface area contributed by atoms with Crippen LogP contribution in [0.1, 0.15) is 24.5 Å². The van der Waals surface area contributed by atoms with Gasteiger partial charge in [0.05, 0.1) is 13.5 Å². The van der Waals surface area contributed by atoms with Crippen LogP contribution in [0.3, 0.4) is 0 Å². The maximum atomic E-state index is 11.0. The molecule has 0 heterocycles. The molecule has 1 unspecified atom stereocenters. The van der Waals surface area contributed by atoms with Crippen molar-refractivity contribution in [3.05, 3.63) is 35.4 Å². The van der Waals surface area contributed by atoms with E-state index in [4.69, 9.17) is 0 Å². The molecule has 0 aliphatic heterocycles. The second kappa shape index (κ2) is 6.28. The molecular formula is C13H19NO2. The predicted molar refractivity (Wildman–Crippen MR) is 64.1 cm³/mol. The summed E-state index contributed by atoms with van der Waals surface area (Å²) in [6.45, 7) is 4.83. The quantitative estimate of drug-likeness (QED) is 0.773. The highest BCUT2D eigenvalue weighted by Gasteiger charge is 2.07. The van der Waals surface area contributed by atoms with Gasteiger partial charge in [-0.05, 0) is 19.4 Å². The lowest BCUT2D eigenvalue weighted by Crippen LogP contribution is -2.28. The largest absolute Gasteiger partial charge is 0.469 e. The molecule has 0 amide bonds. The minimum atomic E-state index is -0.177. The van der Waals surface area contributed by atoms with Crippen molar-refractivity contribution in [3.8, 4) is 0 Å². The van der Waals surface area contributed by atoms with Crippen LogP contribution in [0.25, 0.3) is 0 Å². The molecule has 16 heavy (non-hydrogen) atoms. The lowest BCUT2D eigenvalue weighted by molar-refractivity contribution is -0.141. The third-order valence-corrected chi connectivity index (χ3v) is 2.44. The number of rotatable bonds is 5. The molecule has 0 aromatic heterocycles. The average molecular weight is 221 g/mol. The molecular weight excluding hydrogens is 202 g/mol. The van der Waals surface area contributed by atoms with Crippen molar-refractivity contribution in [2.75, 3.05) is 7.11 Å². The standard InChI is InChI=1S/C13H19NO2/c1-10-5-4-6-12(7-10)9-14-11(2)8-13(15)16-3/h4-7,11,14H,8-9H2,1-3H3. The molecule has 0 aliphatic carbocycles. The van der Waals surface area contributed by atoms with Crippen LogP contribution < -0.4 is 5.32 Å². The zero-order valence-electron chi connectivity index (χ0n) is 10.1. The fourth-order valence-corrected chi connectivity index (χ4v) is 1.52. The normalized spacial score (nSPS) is 12.2. The van der Waals surface area contributed by atoms with Gasteiger partial charge in [-0.1, -0.05) is 29.8 Å². The van der Waals surface area contributed by atoms with Crippen molar-refractivity contribution in [1.82, 2.24) is 5.32 Å². The number of ether oxygens (including phenoxy) is 1. The maximum absolute atomic E-state index is 11.0. The minimum Gasteiger partial charge on any atom is -0.469 e. The Kier molecular flexibility index (Phi) is 4.99. The SMILES string of the molecule is COC(=O)CC(C)NCc1cccc(C)c1. The second-order valence-corrected chi connectivity index (χ2v) is 4.05. The molecule has 3 nitrogen and oxygen atoms in total. The van der Waals surface area contributed by atoms with Crippen molar-refractivity contribution in [1.29, 1.82) is 0 Å². The fourth-order valence-electron chi connectivity index (χ4n) is 1.52. The molecule has 88 valence electrons. The number of aryl methyl sites for hydroxylation is 1. The number of carbonyl (C=O) groups is 1. The van der Waals surface area contributed by atoms with E-state index in [0.29, 0.717) is 6.42 Å². The smallest absolute Gasteiger partial charge is 0.307 e. The Balaban J connectivity index is 2.37. The molecule has 1 rings (SSSR count). The van der Waals surface area contributed by atoms with Crippen molar-refractivity contribution >= 4 is 5.97 Å². The number of nitrogens with one attached hydrogen (secondary N) is 1. The van der Waals surface area contributed by atoms with Gasteiger partial charge >= 0.3 is 5.97 Å². The molecule has 0 radical (unpaired) electrons. The maximum Gasteiger partial charge on any atom is 0.307 e. The second-order valence-electron chi connectivity index (χ2n) is 4.05. The number of benzene rings is 1. The first-order chi connectivity index (χ1) is 7.61. The first-order valence-electron chi connectivity index (χ1n) is 5.47. The van der Waals surface area contributed by atoms with Gasteiger partial charge in [-0.25, -0.2) is 0 Å². The summed E-state index contributed by atoms with van der Waals surface area (Å²) < 4.78 is 4.61. The Bertz CT molecular complexity index is 350. The van der Waals surface area contributed by atoms with Crippen molar-refractivity contribution in [3.63, 3.8) is 0 Å². The van der Waals surface area contributed by atoms with Crippen LogP contribution in [-0.2, 0) is 16.1 Å². The van der Waals surface area contributed by atoms with Crippen molar-refractivity contribution < 1.29 is 9.53 Å². The minimum absolute atomic E-state index is 0.132. The van der Waals surface area contributed by atoms with Gasteiger partial charge in [-0.2, -0.15) is 0 Å². The van der Waals surface area contributed by atoms with Crippen molar-refractivity contribution in [2.45, 2.75) is 32.9 Å². The summed E-state index contributed by atoms with van der Waals surface area (Å²) in [5.41, 5.74) is 2.48. The van der Waals surface area contributed by atoms with E-state index in [-0.39, 0.29) is 12.0 Å². The third kappa shape index (κ3) is 4.45. The van der Waals surface area contributed by atoms with Gasteiger partial charge < -0.3 is 10.1 Å². The summed E-state index contributed by atoms with van der Waals surface area (Å²) in [6.07, 6.45) is 0.405. The van der Waals surface area contributed by atoms with E-state index in [1.54, 1.807) is 0 Å². The highest BCUT2D eigenvalue weighted by Crippen LogP contribution is 2.04. The van der Waals surface area contributed by atoms with Gasteiger partial charge in [0.2, 0.25) is 0 Å². The Morgan fingerprint density at radius 3 is 2.88 bits per heavy atom. The molecule has 0 saturated heterocycles. The molecule has 1 aromatic carbocycles. The summed E-state index contributed by atoms with van der Waals surface area (Å²) >= 11 is 0. The molecule has 0 aliphatic rings. The third-order valence-electron chi connectivity index (χ3n) is 2.44. The molecule has 0 spiro atoms. The Morgan fingerprint density at radius 1 is 1.50 bits per heavy atom. The number of hydrogen-bond donors (Lipinski definition) is 1. The molecule has 1 N–H and O–H groups in total. The highest BCUT2D eigenvalue weighted by molar-refractivity contribution is 5.69. The monoisotopic (exact) mass is 221 g/mol. The van der Waals surface area contributed by atoms with Gasteiger partial charge in [-0.3, -0.25) is 4.79 Å². The van der Waals surface area contributed by atoms with Crippen LogP contribution in [0.5, 0.6) is 0 Å². The van der Waals surface area contributed by atoms with E-state index in [1.165, 1.54) is 18.2 Å². The zero-order chi connectivity index (χ0) is 12.0. The first kappa shape index (κ1) is 12.7. The van der Waals surface area contributed by atoms with Crippen LogP contribution >= 0.6 is 0 Å². The van der Waals surface area contributed by atoms with E-state index in [0.717, 1.165) is 6.54 Å². The Morgan fingerprint density at radius 2 is 2.25 bits per heavy atom. The van der Waals surface area contributed by atoms with Crippen LogP contribution in [0, 0.1) is 6.92 Å². The average Bonchev–Trinajstić information content (AvgIpc) is 2.26. The lowest BCUT2D eigenvalue weighted by atomic mass is 10.1. The summed E-state index contributed by atoms with van der Waals surface area (Å²) in [5.74, 6) is -0.177. The molecule has 3 heteroatoms. The highest BCUT2D eigenvalue weighted by atomic mass is 16.5. The Hall–Kier alpha value is -1.35. The molecule has 0 bridgehead atoms. The number of hydrogen-bond acceptors (Lipinski definition) is 3. The lowest BCUT2D eigenvalue weighted by Gasteiger charge is -2.12. The topological polar surface area (TPSA) is 38.3 Å². The van der Waals surface area contributed by atoms with Crippen LogP contribution in [0.4, 0.5) is 0 Å². The summed E-state index contributed by atoms with van der Waals surface area (Å²) in [4.78, 5) is 11.0. The van der Waals surface area contributed by atoms with Gasteiger partial charge in [0.15, 0.2) is 0 Å². The van der Waals surface area contributed by atoms with Gasteiger partial charge in [0.25, 0.3) is 0 Å². The van der Waals surface area contributed by atoms with E-state index in [2.05, 4.69) is 35.2 Å². The summed E-state index contributed by atoms with van der Waals surface area (Å²) in [6, 6.07) is 8.45. The number of esters is 1. The van der Waals surface area contributed by atoms with Gasteiger partial charge in [0.1, 0.15) is 0 Å². The van der Waals surface area contributed by atoms with Crippen LogP contribution in [0.15, 0.2) is 24.3 Å². The number of carbonyl (C=O) groups excluding carboxylic acids is 1. The summed E-state index contributed by atoms with van der Waals surface area (Å²) in [5, 5.41) is 3.29. The zero-order valence-corrected chi connectivity index (χ0v) is 10.1. The van der Waals surface area contributed by atoms with E-state index in [1.807, 2.05) is 13.0 Å². The first-order valence-corrected chi connectivity index (χ1v) is 5.47. The van der Waals surface area contributed by atoms with E-state index >= 15 is 0 Å². The van der Waals surface area contributed by atoms with Gasteiger partial charge in [0, 0.05) is 12.6 Å². The van der Waals surface area contributed by atoms with E-state index in [9.17, 15) is 4.79 Å². The van der Waals surface area contributed by atoms with Crippen molar-refractivity contribution in [2.24, 2.45) is 0 Å². The van der Waals surface area contributed by atoms with Crippen LogP contribution in [0.2, 0.25) is 0 Å². The molecule has 0 fully saturated rings. The fraction of sp³-hybridized carbons (Fsp3) is 0.462. The molecule has 1 aromatic rings. The molecule has 0 saturated carbocycles. The number of methoxy groups -OCH3 is 1. The van der Waals surface area contributed by atoms with Crippen LogP contribution in [-0.4, -0.2) is 19.1 Å². The Labute approximate surface area is 96.8 Å².